The monoisotopic (exact) mass is 411 g/mol. The van der Waals surface area contributed by atoms with Crippen LogP contribution in [0.25, 0.3) is 10.9 Å². The second-order valence-electron chi connectivity index (χ2n) is 7.33. The topological polar surface area (TPSA) is 37.7 Å². The summed E-state index contributed by atoms with van der Waals surface area (Å²) >= 11 is 6.20. The van der Waals surface area contributed by atoms with Crippen molar-refractivity contribution in [2.45, 2.75) is 20.4 Å². The van der Waals surface area contributed by atoms with Gasteiger partial charge in [-0.25, -0.2) is 0 Å². The number of hydrogen-bond acceptors (Lipinski definition) is 3. The molecular formula is C23H26ClN3O2. The number of fused-ring (bicyclic) bond motifs is 1. The van der Waals surface area contributed by atoms with Gasteiger partial charge in [0.1, 0.15) is 11.4 Å². The summed E-state index contributed by atoms with van der Waals surface area (Å²) < 4.78 is 7.60. The number of piperazine rings is 1. The summed E-state index contributed by atoms with van der Waals surface area (Å²) in [5, 5.41) is 1.74. The van der Waals surface area contributed by atoms with Crippen LogP contribution in [0.1, 0.15) is 23.0 Å². The Kier molecular flexibility index (Phi) is 5.41. The SMILES string of the molecule is CCn1c(C(=O)N2CCN(c3ccccc3OC)CC2)c(C)c2cc(Cl)ccc21. The molecule has 0 atom stereocenters. The van der Waals surface area contributed by atoms with Crippen LogP contribution in [0.4, 0.5) is 5.69 Å². The highest BCUT2D eigenvalue weighted by atomic mass is 35.5. The Morgan fingerprint density at radius 3 is 2.52 bits per heavy atom. The van der Waals surface area contributed by atoms with E-state index in [1.165, 1.54) is 0 Å². The van der Waals surface area contributed by atoms with Crippen molar-refractivity contribution in [3.8, 4) is 5.75 Å². The first-order valence-electron chi connectivity index (χ1n) is 10.0. The predicted octanol–water partition coefficient (Wildman–Crippen LogP) is 4.59. The van der Waals surface area contributed by atoms with Crippen molar-refractivity contribution in [3.05, 3.63) is 58.7 Å². The molecule has 1 fully saturated rings. The second-order valence-corrected chi connectivity index (χ2v) is 7.77. The average molecular weight is 412 g/mol. The third kappa shape index (κ3) is 3.44. The third-order valence-corrected chi connectivity index (χ3v) is 6.03. The summed E-state index contributed by atoms with van der Waals surface area (Å²) in [4.78, 5) is 17.7. The molecule has 3 aromatic rings. The first kappa shape index (κ1) is 19.6. The number of rotatable bonds is 4. The van der Waals surface area contributed by atoms with Gasteiger partial charge in [-0.2, -0.15) is 0 Å². The van der Waals surface area contributed by atoms with E-state index >= 15 is 0 Å². The standard InChI is InChI=1S/C23H26ClN3O2/c1-4-27-19-10-9-17(24)15-18(19)16(2)22(27)23(28)26-13-11-25(12-14-26)20-7-5-6-8-21(20)29-3/h5-10,15H,4,11-14H2,1-3H3. The van der Waals surface area contributed by atoms with Crippen LogP contribution in [0.2, 0.25) is 5.02 Å². The Morgan fingerprint density at radius 2 is 1.83 bits per heavy atom. The average Bonchev–Trinajstić information content (AvgIpc) is 3.04. The molecule has 1 saturated heterocycles. The molecule has 0 radical (unpaired) electrons. The Balaban J connectivity index is 1.58. The minimum atomic E-state index is 0.0938. The van der Waals surface area contributed by atoms with Gasteiger partial charge >= 0.3 is 0 Å². The number of aromatic nitrogens is 1. The molecule has 1 amide bonds. The summed E-state index contributed by atoms with van der Waals surface area (Å²) in [6.07, 6.45) is 0. The number of hydrogen-bond donors (Lipinski definition) is 0. The van der Waals surface area contributed by atoms with E-state index < -0.39 is 0 Å². The van der Waals surface area contributed by atoms with E-state index in [1.807, 2.05) is 48.2 Å². The number of nitrogens with zero attached hydrogens (tertiary/aromatic N) is 3. The maximum atomic E-state index is 13.5. The summed E-state index contributed by atoms with van der Waals surface area (Å²) in [5.41, 5.74) is 3.91. The number of benzene rings is 2. The molecule has 2 aromatic carbocycles. The Hall–Kier alpha value is -2.66. The summed E-state index contributed by atoms with van der Waals surface area (Å²) in [7, 11) is 1.69. The van der Waals surface area contributed by atoms with E-state index in [-0.39, 0.29) is 5.91 Å². The number of carbonyl (C=O) groups is 1. The molecule has 0 N–H and O–H groups in total. The number of para-hydroxylation sites is 2. The van der Waals surface area contributed by atoms with E-state index in [0.717, 1.165) is 53.2 Å². The number of amides is 1. The van der Waals surface area contributed by atoms with Crippen molar-refractivity contribution < 1.29 is 9.53 Å². The molecular weight excluding hydrogens is 386 g/mol. The molecule has 0 bridgehead atoms. The van der Waals surface area contributed by atoms with Gasteiger partial charge in [-0.05, 0) is 49.7 Å². The smallest absolute Gasteiger partial charge is 0.270 e. The molecule has 4 rings (SSSR count). The highest BCUT2D eigenvalue weighted by molar-refractivity contribution is 6.31. The van der Waals surface area contributed by atoms with Gasteiger partial charge in [0, 0.05) is 48.6 Å². The zero-order valence-corrected chi connectivity index (χ0v) is 17.9. The van der Waals surface area contributed by atoms with Gasteiger partial charge in [-0.15, -0.1) is 0 Å². The Morgan fingerprint density at radius 1 is 1.10 bits per heavy atom. The highest BCUT2D eigenvalue weighted by Crippen LogP contribution is 2.31. The van der Waals surface area contributed by atoms with Gasteiger partial charge in [-0.1, -0.05) is 23.7 Å². The van der Waals surface area contributed by atoms with Crippen LogP contribution < -0.4 is 9.64 Å². The first-order valence-corrected chi connectivity index (χ1v) is 10.4. The highest BCUT2D eigenvalue weighted by Gasteiger charge is 2.28. The van der Waals surface area contributed by atoms with E-state index in [2.05, 4.69) is 22.5 Å². The van der Waals surface area contributed by atoms with E-state index in [4.69, 9.17) is 16.3 Å². The molecule has 1 aliphatic rings. The Labute approximate surface area is 176 Å². The fraction of sp³-hybridized carbons (Fsp3) is 0.348. The number of methoxy groups -OCH3 is 1. The summed E-state index contributed by atoms with van der Waals surface area (Å²) in [5.74, 6) is 0.961. The van der Waals surface area contributed by atoms with Crippen molar-refractivity contribution >= 4 is 34.1 Å². The molecule has 29 heavy (non-hydrogen) atoms. The number of carbonyl (C=O) groups excluding carboxylic acids is 1. The lowest BCUT2D eigenvalue weighted by atomic mass is 10.1. The maximum Gasteiger partial charge on any atom is 0.270 e. The molecule has 1 aromatic heterocycles. The van der Waals surface area contributed by atoms with Crippen molar-refractivity contribution in [1.82, 2.24) is 9.47 Å². The largest absolute Gasteiger partial charge is 0.495 e. The van der Waals surface area contributed by atoms with Crippen molar-refractivity contribution in [2.24, 2.45) is 0 Å². The minimum Gasteiger partial charge on any atom is -0.495 e. The van der Waals surface area contributed by atoms with Crippen LogP contribution in [0.15, 0.2) is 42.5 Å². The quantitative estimate of drug-likeness (QED) is 0.630. The molecule has 6 heteroatoms. The van der Waals surface area contributed by atoms with Gasteiger partial charge in [0.05, 0.1) is 12.8 Å². The zero-order chi connectivity index (χ0) is 20.5. The van der Waals surface area contributed by atoms with Gasteiger partial charge < -0.3 is 19.1 Å². The Bertz CT molecular complexity index is 1050. The van der Waals surface area contributed by atoms with E-state index in [1.54, 1.807) is 7.11 Å². The lowest BCUT2D eigenvalue weighted by Crippen LogP contribution is -2.49. The van der Waals surface area contributed by atoms with Gasteiger partial charge in [0.25, 0.3) is 5.91 Å². The van der Waals surface area contributed by atoms with Crippen LogP contribution in [-0.4, -0.2) is 48.7 Å². The molecule has 2 heterocycles. The van der Waals surface area contributed by atoms with Crippen molar-refractivity contribution in [2.75, 3.05) is 38.2 Å². The van der Waals surface area contributed by atoms with Crippen molar-refractivity contribution in [1.29, 1.82) is 0 Å². The van der Waals surface area contributed by atoms with Gasteiger partial charge in [0.2, 0.25) is 0 Å². The fourth-order valence-corrected chi connectivity index (χ4v) is 4.46. The minimum absolute atomic E-state index is 0.0938. The second kappa shape index (κ2) is 7.99. The predicted molar refractivity (Wildman–Crippen MR) is 118 cm³/mol. The number of ether oxygens (including phenoxy) is 1. The lowest BCUT2D eigenvalue weighted by Gasteiger charge is -2.36. The zero-order valence-electron chi connectivity index (χ0n) is 17.1. The molecule has 0 spiro atoms. The first-order chi connectivity index (χ1) is 14.0. The lowest BCUT2D eigenvalue weighted by molar-refractivity contribution is 0.0735. The van der Waals surface area contributed by atoms with Crippen LogP contribution in [0.5, 0.6) is 5.75 Å². The third-order valence-electron chi connectivity index (χ3n) is 5.79. The van der Waals surface area contributed by atoms with Crippen LogP contribution in [0.3, 0.4) is 0 Å². The van der Waals surface area contributed by atoms with Crippen LogP contribution in [0, 0.1) is 6.92 Å². The van der Waals surface area contributed by atoms with Crippen LogP contribution in [-0.2, 0) is 6.54 Å². The molecule has 1 aliphatic heterocycles. The van der Waals surface area contributed by atoms with Gasteiger partial charge in [-0.3, -0.25) is 4.79 Å². The summed E-state index contributed by atoms with van der Waals surface area (Å²) in [6.45, 7) is 7.76. The number of aryl methyl sites for hydroxylation is 2. The fourth-order valence-electron chi connectivity index (χ4n) is 4.29. The van der Waals surface area contributed by atoms with Crippen molar-refractivity contribution in [3.63, 3.8) is 0 Å². The molecule has 5 nitrogen and oxygen atoms in total. The van der Waals surface area contributed by atoms with Crippen LogP contribution >= 0.6 is 11.6 Å². The number of anilines is 1. The molecule has 0 unspecified atom stereocenters. The molecule has 0 saturated carbocycles. The number of halogens is 1. The molecule has 152 valence electrons. The molecule has 0 aliphatic carbocycles. The maximum absolute atomic E-state index is 13.5. The van der Waals surface area contributed by atoms with Gasteiger partial charge in [0.15, 0.2) is 0 Å². The normalized spacial score (nSPS) is 14.5. The van der Waals surface area contributed by atoms with E-state index in [0.29, 0.717) is 18.1 Å². The summed E-state index contributed by atoms with van der Waals surface area (Å²) in [6, 6.07) is 13.9. The van der Waals surface area contributed by atoms with E-state index in [9.17, 15) is 4.79 Å².